The molecule has 0 heterocycles. The first-order chi connectivity index (χ1) is 12.2. The number of halogens is 6. The lowest BCUT2D eigenvalue weighted by molar-refractivity contribution is -0.143. The molecule has 9 heteroatoms. The minimum atomic E-state index is -4.94. The third-order valence-electron chi connectivity index (χ3n) is 3.78. The molecule has 0 aliphatic rings. The van der Waals surface area contributed by atoms with Gasteiger partial charge in [-0.05, 0) is 36.5 Å². The maximum Gasteiger partial charge on any atom is 0.416 e. The zero-order valence-electron chi connectivity index (χ0n) is 15.2. The number of carbonyl (C=O) groups excluding carboxylic acids is 1. The van der Waals surface area contributed by atoms with Gasteiger partial charge in [0.05, 0.1) is 23.8 Å². The number of carbonyl (C=O) groups is 1. The first kappa shape index (κ1) is 23.3. The van der Waals surface area contributed by atoms with Gasteiger partial charge in [0.15, 0.2) is 0 Å². The largest absolute Gasteiger partial charge is 0.493 e. The van der Waals surface area contributed by atoms with Gasteiger partial charge in [-0.3, -0.25) is 4.79 Å². The topological polar surface area (TPSA) is 52.3 Å². The van der Waals surface area contributed by atoms with Gasteiger partial charge in [0.25, 0.3) is 0 Å². The van der Waals surface area contributed by atoms with Gasteiger partial charge in [0.1, 0.15) is 11.5 Å². The fraction of sp³-hybridized carbons (Fsp3) is 0.611. The van der Waals surface area contributed by atoms with Crippen LogP contribution in [0.4, 0.5) is 26.3 Å². The number of ether oxygens (including phenoxy) is 1. The molecule has 0 amide bonds. The molecule has 0 aliphatic carbocycles. The summed E-state index contributed by atoms with van der Waals surface area (Å²) in [4.78, 5) is 12.0. The second kappa shape index (κ2) is 8.95. The van der Waals surface area contributed by atoms with Gasteiger partial charge in [-0.2, -0.15) is 26.3 Å². The standard InChI is InChI=1S/C18H23F6NO2/c1-10(2)4-15(25)16(26)5-11(3)9-27-14-7-12(17(19,20)21)6-13(8-14)18(22,23)24/h6-8,10-11,15H,4-5,9,25H2,1-3H3/t11-,15-/m1/s1. The van der Waals surface area contributed by atoms with Crippen molar-refractivity contribution in [2.24, 2.45) is 17.6 Å². The Hall–Kier alpha value is -1.77. The van der Waals surface area contributed by atoms with Crippen LogP contribution in [0.3, 0.4) is 0 Å². The van der Waals surface area contributed by atoms with Gasteiger partial charge in [0, 0.05) is 6.42 Å². The lowest BCUT2D eigenvalue weighted by Gasteiger charge is -2.18. The van der Waals surface area contributed by atoms with Gasteiger partial charge in [0.2, 0.25) is 0 Å². The molecule has 0 unspecified atom stereocenters. The van der Waals surface area contributed by atoms with E-state index in [1.807, 2.05) is 13.8 Å². The number of Topliss-reactive ketones (excluding diaryl/α,β-unsaturated/α-hetero) is 1. The molecule has 0 saturated carbocycles. The summed E-state index contributed by atoms with van der Waals surface area (Å²) >= 11 is 0. The third kappa shape index (κ3) is 7.78. The van der Waals surface area contributed by atoms with E-state index in [2.05, 4.69) is 0 Å². The summed E-state index contributed by atoms with van der Waals surface area (Å²) in [5.74, 6) is -0.969. The fourth-order valence-electron chi connectivity index (χ4n) is 2.44. The smallest absolute Gasteiger partial charge is 0.416 e. The van der Waals surface area contributed by atoms with E-state index in [9.17, 15) is 31.1 Å². The molecule has 0 fully saturated rings. The lowest BCUT2D eigenvalue weighted by Crippen LogP contribution is -2.33. The van der Waals surface area contributed by atoms with E-state index in [1.165, 1.54) is 0 Å². The van der Waals surface area contributed by atoms with Gasteiger partial charge in [-0.1, -0.05) is 20.8 Å². The second-order valence-electron chi connectivity index (χ2n) is 7.06. The highest BCUT2D eigenvalue weighted by Crippen LogP contribution is 2.38. The number of hydrogen-bond acceptors (Lipinski definition) is 3. The number of benzene rings is 1. The van der Waals surface area contributed by atoms with Crippen molar-refractivity contribution in [2.45, 2.75) is 52.0 Å². The highest BCUT2D eigenvalue weighted by molar-refractivity contribution is 5.83. The van der Waals surface area contributed by atoms with Crippen molar-refractivity contribution in [2.75, 3.05) is 6.61 Å². The van der Waals surface area contributed by atoms with E-state index < -0.39 is 41.2 Å². The molecule has 154 valence electrons. The summed E-state index contributed by atoms with van der Waals surface area (Å²) in [6, 6.07) is 0.394. The molecule has 0 saturated heterocycles. The van der Waals surface area contributed by atoms with Crippen LogP contribution in [0, 0.1) is 11.8 Å². The van der Waals surface area contributed by atoms with Crippen molar-refractivity contribution in [3.8, 4) is 5.75 Å². The van der Waals surface area contributed by atoms with Crippen molar-refractivity contribution in [3.63, 3.8) is 0 Å². The number of alkyl halides is 6. The van der Waals surface area contributed by atoms with Crippen molar-refractivity contribution >= 4 is 5.78 Å². The predicted octanol–water partition coefficient (Wildman–Crippen LogP) is 5.07. The van der Waals surface area contributed by atoms with E-state index in [0.717, 1.165) is 0 Å². The maximum absolute atomic E-state index is 12.8. The molecular weight excluding hydrogens is 376 g/mol. The molecule has 1 aromatic carbocycles. The van der Waals surface area contributed by atoms with Crippen molar-refractivity contribution in [3.05, 3.63) is 29.3 Å². The minimum absolute atomic E-state index is 0.0268. The Labute approximate surface area is 153 Å². The summed E-state index contributed by atoms with van der Waals surface area (Å²) < 4.78 is 82.0. The quantitative estimate of drug-likeness (QED) is 0.621. The van der Waals surface area contributed by atoms with Crippen molar-refractivity contribution in [1.82, 2.24) is 0 Å². The molecule has 0 bridgehead atoms. The van der Waals surface area contributed by atoms with Gasteiger partial charge in [-0.25, -0.2) is 0 Å². The van der Waals surface area contributed by atoms with Gasteiger partial charge in [-0.15, -0.1) is 0 Å². The first-order valence-electron chi connectivity index (χ1n) is 8.40. The molecule has 1 rings (SSSR count). The van der Waals surface area contributed by atoms with Gasteiger partial charge < -0.3 is 10.5 Å². The SMILES string of the molecule is CC(C)C[C@@H](N)C(=O)C[C@@H](C)COc1cc(C(F)(F)F)cc(C(F)(F)F)c1. The molecule has 0 radical (unpaired) electrons. The Balaban J connectivity index is 2.82. The second-order valence-corrected chi connectivity index (χ2v) is 7.06. The Morgan fingerprint density at radius 1 is 1.00 bits per heavy atom. The van der Waals surface area contributed by atoms with Crippen molar-refractivity contribution < 1.29 is 35.9 Å². The highest BCUT2D eigenvalue weighted by Gasteiger charge is 2.37. The number of nitrogens with two attached hydrogens (primary N) is 1. The Morgan fingerprint density at radius 3 is 1.89 bits per heavy atom. The molecular formula is C18H23F6NO2. The van der Waals surface area contributed by atoms with Crippen LogP contribution in [0.15, 0.2) is 18.2 Å². The molecule has 3 nitrogen and oxygen atoms in total. The molecule has 27 heavy (non-hydrogen) atoms. The van der Waals surface area contributed by atoms with Gasteiger partial charge >= 0.3 is 12.4 Å². The van der Waals surface area contributed by atoms with Crippen LogP contribution in [0.5, 0.6) is 5.75 Å². The van der Waals surface area contributed by atoms with E-state index in [4.69, 9.17) is 10.5 Å². The lowest BCUT2D eigenvalue weighted by atomic mass is 9.95. The summed E-state index contributed by atoms with van der Waals surface area (Å²) in [6.07, 6.45) is -9.36. The van der Waals surface area contributed by atoms with E-state index in [0.29, 0.717) is 18.6 Å². The van der Waals surface area contributed by atoms with Crippen LogP contribution >= 0.6 is 0 Å². The normalized spacial score (nSPS) is 14.9. The number of hydrogen-bond donors (Lipinski definition) is 1. The average molecular weight is 399 g/mol. The van der Waals surface area contributed by atoms with Crippen LogP contribution in [0.1, 0.15) is 44.7 Å². The minimum Gasteiger partial charge on any atom is -0.493 e. The van der Waals surface area contributed by atoms with Crippen molar-refractivity contribution in [1.29, 1.82) is 0 Å². The predicted molar refractivity (Wildman–Crippen MR) is 88.2 cm³/mol. The molecule has 0 aromatic heterocycles. The highest BCUT2D eigenvalue weighted by atomic mass is 19.4. The van der Waals surface area contributed by atoms with E-state index in [-0.39, 0.29) is 30.8 Å². The van der Waals surface area contributed by atoms with Crippen LogP contribution in [-0.4, -0.2) is 18.4 Å². The fourth-order valence-corrected chi connectivity index (χ4v) is 2.44. The molecule has 0 spiro atoms. The number of ketones is 1. The number of rotatable bonds is 8. The average Bonchev–Trinajstić information content (AvgIpc) is 2.50. The first-order valence-corrected chi connectivity index (χ1v) is 8.40. The third-order valence-corrected chi connectivity index (χ3v) is 3.78. The van der Waals surface area contributed by atoms with Crippen LogP contribution in [-0.2, 0) is 17.1 Å². The molecule has 0 aliphatic heterocycles. The Kier molecular flexibility index (Phi) is 7.71. The Bertz CT molecular complexity index is 607. The maximum atomic E-state index is 12.8. The summed E-state index contributed by atoms with van der Waals surface area (Å²) in [5.41, 5.74) is 2.87. The molecule has 2 atom stereocenters. The van der Waals surface area contributed by atoms with E-state index in [1.54, 1.807) is 6.92 Å². The zero-order valence-corrected chi connectivity index (χ0v) is 15.2. The van der Waals surface area contributed by atoms with E-state index >= 15 is 0 Å². The monoisotopic (exact) mass is 399 g/mol. The van der Waals surface area contributed by atoms with Crippen LogP contribution in [0.25, 0.3) is 0 Å². The zero-order chi connectivity index (χ0) is 21.0. The molecule has 1 aromatic rings. The summed E-state index contributed by atoms with van der Waals surface area (Å²) in [6.45, 7) is 5.22. The summed E-state index contributed by atoms with van der Waals surface area (Å²) in [7, 11) is 0. The summed E-state index contributed by atoms with van der Waals surface area (Å²) in [5, 5.41) is 0. The molecule has 2 N–H and O–H groups in total. The van der Waals surface area contributed by atoms with Crippen LogP contribution < -0.4 is 10.5 Å². The van der Waals surface area contributed by atoms with Crippen LogP contribution in [0.2, 0.25) is 0 Å². The Morgan fingerprint density at radius 2 is 1.48 bits per heavy atom.